The van der Waals surface area contributed by atoms with E-state index >= 15 is 0 Å². The maximum atomic E-state index is 13.5. The molecule has 2 N–H and O–H groups in total. The molecule has 1 amide bonds. The van der Waals surface area contributed by atoms with Gasteiger partial charge in [0.1, 0.15) is 10.4 Å². The summed E-state index contributed by atoms with van der Waals surface area (Å²) < 4.78 is 29.7. The van der Waals surface area contributed by atoms with E-state index in [1.165, 1.54) is 6.07 Å². The minimum Gasteiger partial charge on any atom is -0.324 e. The Morgan fingerprint density at radius 1 is 0.968 bits per heavy atom. The van der Waals surface area contributed by atoms with Crippen LogP contribution < -0.4 is 10.0 Å². The number of hydrogen-bond acceptors (Lipinski definition) is 4. The van der Waals surface area contributed by atoms with E-state index in [9.17, 15) is 13.2 Å². The highest BCUT2D eigenvalue weighted by Crippen LogP contribution is 2.32. The molecule has 4 rings (SSSR count). The van der Waals surface area contributed by atoms with E-state index in [1.54, 1.807) is 18.3 Å². The SMILES string of the molecule is Cc1cc(C)cc(NC(=O)C2(NS(=O)(=O)c3cccc4cccnc34)CCCCC2)c1. The molecule has 0 aliphatic heterocycles. The number of amides is 1. The Labute approximate surface area is 183 Å². The van der Waals surface area contributed by atoms with Crippen LogP contribution in [0.25, 0.3) is 10.9 Å². The summed E-state index contributed by atoms with van der Waals surface area (Å²) in [7, 11) is -3.97. The van der Waals surface area contributed by atoms with Crippen molar-refractivity contribution < 1.29 is 13.2 Å². The molecular weight excluding hydrogens is 410 g/mol. The summed E-state index contributed by atoms with van der Waals surface area (Å²) in [5, 5.41) is 3.70. The first kappa shape index (κ1) is 21.5. The molecule has 6 nitrogen and oxygen atoms in total. The van der Waals surface area contributed by atoms with Crippen LogP contribution in [0.2, 0.25) is 0 Å². The number of benzene rings is 2. The van der Waals surface area contributed by atoms with Gasteiger partial charge in [-0.1, -0.05) is 43.5 Å². The summed E-state index contributed by atoms with van der Waals surface area (Å²) in [5.74, 6) is -0.311. The molecule has 0 unspecified atom stereocenters. The fourth-order valence-corrected chi connectivity index (χ4v) is 6.04. The smallest absolute Gasteiger partial charge is 0.245 e. The molecule has 0 saturated heterocycles. The zero-order chi connectivity index (χ0) is 22.1. The van der Waals surface area contributed by atoms with Gasteiger partial charge in [0.05, 0.1) is 5.52 Å². The second kappa shape index (κ2) is 8.40. The quantitative estimate of drug-likeness (QED) is 0.616. The highest BCUT2D eigenvalue weighted by molar-refractivity contribution is 7.89. The first-order chi connectivity index (χ1) is 14.8. The number of fused-ring (bicyclic) bond motifs is 1. The number of aromatic nitrogens is 1. The van der Waals surface area contributed by atoms with Crippen molar-refractivity contribution in [2.45, 2.75) is 56.4 Å². The summed E-state index contributed by atoms with van der Waals surface area (Å²) >= 11 is 0. The monoisotopic (exact) mass is 437 g/mol. The van der Waals surface area contributed by atoms with E-state index in [2.05, 4.69) is 15.0 Å². The van der Waals surface area contributed by atoms with Gasteiger partial charge in [0.15, 0.2) is 0 Å². The molecule has 1 aliphatic carbocycles. The lowest BCUT2D eigenvalue weighted by molar-refractivity contribution is -0.122. The Hall–Kier alpha value is -2.77. The minimum atomic E-state index is -3.97. The Kier molecular flexibility index (Phi) is 5.81. The number of sulfonamides is 1. The summed E-state index contributed by atoms with van der Waals surface area (Å²) in [6.07, 6.45) is 5.05. The number of hydrogen-bond donors (Lipinski definition) is 2. The average molecular weight is 438 g/mol. The molecule has 1 fully saturated rings. The number of rotatable bonds is 5. The van der Waals surface area contributed by atoms with Crippen LogP contribution in [0.3, 0.4) is 0 Å². The van der Waals surface area contributed by atoms with E-state index in [0.717, 1.165) is 35.8 Å². The second-order valence-corrected chi connectivity index (χ2v) is 10.1. The standard InChI is InChI=1S/C24H27N3O3S/c1-17-14-18(2)16-20(15-17)26-23(28)24(11-4-3-5-12-24)27-31(29,30)21-10-6-8-19-9-7-13-25-22(19)21/h6-10,13-16,27H,3-5,11-12H2,1-2H3,(H,26,28). The van der Waals surface area contributed by atoms with E-state index < -0.39 is 15.6 Å². The van der Waals surface area contributed by atoms with Gasteiger partial charge in [-0.25, -0.2) is 8.42 Å². The molecule has 1 aromatic heterocycles. The Balaban J connectivity index is 1.69. The van der Waals surface area contributed by atoms with Gasteiger partial charge in [-0.2, -0.15) is 4.72 Å². The largest absolute Gasteiger partial charge is 0.324 e. The summed E-state index contributed by atoms with van der Waals surface area (Å²) in [6, 6.07) is 14.5. The van der Waals surface area contributed by atoms with Gasteiger partial charge in [0.2, 0.25) is 15.9 Å². The van der Waals surface area contributed by atoms with Gasteiger partial charge >= 0.3 is 0 Å². The van der Waals surface area contributed by atoms with Crippen LogP contribution in [0, 0.1) is 13.8 Å². The second-order valence-electron chi connectivity index (χ2n) is 8.41. The van der Waals surface area contributed by atoms with Crippen molar-refractivity contribution >= 4 is 32.5 Å². The van der Waals surface area contributed by atoms with Crippen molar-refractivity contribution in [3.05, 3.63) is 65.9 Å². The zero-order valence-corrected chi connectivity index (χ0v) is 18.6. The minimum absolute atomic E-state index is 0.0924. The van der Waals surface area contributed by atoms with Crippen LogP contribution in [0.5, 0.6) is 0 Å². The Morgan fingerprint density at radius 3 is 2.35 bits per heavy atom. The molecule has 7 heteroatoms. The first-order valence-corrected chi connectivity index (χ1v) is 12.0. The molecule has 2 aromatic carbocycles. The fourth-order valence-electron chi connectivity index (χ4n) is 4.43. The average Bonchev–Trinajstić information content (AvgIpc) is 2.73. The maximum Gasteiger partial charge on any atom is 0.245 e. The molecule has 0 bridgehead atoms. The molecule has 0 spiro atoms. The zero-order valence-electron chi connectivity index (χ0n) is 17.8. The third-order valence-corrected chi connectivity index (χ3v) is 7.40. The predicted octanol–water partition coefficient (Wildman–Crippen LogP) is 4.47. The summed E-state index contributed by atoms with van der Waals surface area (Å²) in [5.41, 5.74) is 1.97. The maximum absolute atomic E-state index is 13.5. The topological polar surface area (TPSA) is 88.2 Å². The number of anilines is 1. The van der Waals surface area contributed by atoms with Crippen LogP contribution in [0.1, 0.15) is 43.2 Å². The first-order valence-electron chi connectivity index (χ1n) is 10.6. The number of nitrogens with zero attached hydrogens (tertiary/aromatic N) is 1. The van der Waals surface area contributed by atoms with Crippen molar-refractivity contribution in [3.63, 3.8) is 0 Å². The fraction of sp³-hybridized carbons (Fsp3) is 0.333. The summed E-state index contributed by atoms with van der Waals surface area (Å²) in [4.78, 5) is 17.8. The number of nitrogens with one attached hydrogen (secondary N) is 2. The molecule has 162 valence electrons. The molecule has 1 saturated carbocycles. The highest BCUT2D eigenvalue weighted by atomic mass is 32.2. The van der Waals surface area contributed by atoms with Gasteiger partial charge in [0.25, 0.3) is 0 Å². The van der Waals surface area contributed by atoms with Crippen molar-refractivity contribution in [1.82, 2.24) is 9.71 Å². The van der Waals surface area contributed by atoms with Crippen molar-refractivity contribution in [1.29, 1.82) is 0 Å². The van der Waals surface area contributed by atoms with Gasteiger partial charge in [-0.3, -0.25) is 9.78 Å². The summed E-state index contributed by atoms with van der Waals surface area (Å²) in [6.45, 7) is 3.94. The lowest BCUT2D eigenvalue weighted by Crippen LogP contribution is -2.57. The molecule has 0 atom stereocenters. The molecule has 1 aliphatic rings. The van der Waals surface area contributed by atoms with E-state index in [4.69, 9.17) is 0 Å². The normalized spacial score (nSPS) is 16.2. The molecule has 1 heterocycles. The number of pyridine rings is 1. The lowest BCUT2D eigenvalue weighted by Gasteiger charge is -2.36. The molecule has 0 radical (unpaired) electrons. The van der Waals surface area contributed by atoms with Crippen LogP contribution in [0.15, 0.2) is 59.6 Å². The van der Waals surface area contributed by atoms with Crippen molar-refractivity contribution in [2.75, 3.05) is 5.32 Å². The molecule has 3 aromatic rings. The predicted molar refractivity (Wildman–Crippen MR) is 122 cm³/mol. The molecular formula is C24H27N3O3S. The number of aryl methyl sites for hydroxylation is 2. The van der Waals surface area contributed by atoms with Crippen LogP contribution in [-0.4, -0.2) is 24.8 Å². The highest BCUT2D eigenvalue weighted by Gasteiger charge is 2.43. The number of carbonyl (C=O) groups is 1. The van der Waals surface area contributed by atoms with E-state index in [0.29, 0.717) is 24.0 Å². The number of carbonyl (C=O) groups excluding carboxylic acids is 1. The van der Waals surface area contributed by atoms with Crippen LogP contribution in [0.4, 0.5) is 5.69 Å². The van der Waals surface area contributed by atoms with E-state index in [1.807, 2.05) is 44.2 Å². The van der Waals surface area contributed by atoms with Crippen molar-refractivity contribution in [3.8, 4) is 0 Å². The van der Waals surface area contributed by atoms with Crippen LogP contribution >= 0.6 is 0 Å². The Morgan fingerprint density at radius 2 is 1.65 bits per heavy atom. The van der Waals surface area contributed by atoms with Crippen LogP contribution in [-0.2, 0) is 14.8 Å². The van der Waals surface area contributed by atoms with Crippen molar-refractivity contribution in [2.24, 2.45) is 0 Å². The number of para-hydroxylation sites is 1. The lowest BCUT2D eigenvalue weighted by atomic mass is 9.82. The third kappa shape index (κ3) is 4.48. The molecule has 31 heavy (non-hydrogen) atoms. The van der Waals surface area contributed by atoms with Gasteiger partial charge in [-0.05, 0) is 62.1 Å². The van der Waals surface area contributed by atoms with Gasteiger partial charge in [-0.15, -0.1) is 0 Å². The van der Waals surface area contributed by atoms with Gasteiger partial charge in [0, 0.05) is 17.3 Å². The van der Waals surface area contributed by atoms with E-state index in [-0.39, 0.29) is 10.8 Å². The third-order valence-electron chi connectivity index (χ3n) is 5.84. The van der Waals surface area contributed by atoms with Gasteiger partial charge < -0.3 is 5.32 Å². The Bertz CT molecular complexity index is 1210.